The number of halogens is 2. The molecule has 110 valence electrons. The van der Waals surface area contributed by atoms with Gasteiger partial charge in [0.2, 0.25) is 5.82 Å². The Morgan fingerprint density at radius 2 is 2.00 bits per heavy atom. The minimum Gasteiger partial charge on any atom is -0.325 e. The molecule has 0 amide bonds. The molecule has 0 aromatic carbocycles. The lowest BCUT2D eigenvalue weighted by Crippen LogP contribution is -2.26. The number of rotatable bonds is 4. The van der Waals surface area contributed by atoms with Crippen molar-refractivity contribution in [1.82, 2.24) is 20.0 Å². The van der Waals surface area contributed by atoms with E-state index in [1.807, 2.05) is 18.2 Å². The summed E-state index contributed by atoms with van der Waals surface area (Å²) in [6.07, 6.45) is 4.25. The molecule has 1 fully saturated rings. The molecular formula is C12H17Cl2N5O. The second-order valence-electron chi connectivity index (χ2n) is 4.30. The molecule has 1 saturated heterocycles. The molecule has 0 radical (unpaired) electrons. The van der Waals surface area contributed by atoms with Gasteiger partial charge in [0.25, 0.3) is 0 Å². The Morgan fingerprint density at radius 1 is 1.20 bits per heavy atom. The lowest BCUT2D eigenvalue weighted by molar-refractivity contribution is 0.352. The van der Waals surface area contributed by atoms with Crippen molar-refractivity contribution in [3.05, 3.63) is 24.4 Å². The molecule has 0 bridgehead atoms. The summed E-state index contributed by atoms with van der Waals surface area (Å²) >= 11 is 0. The summed E-state index contributed by atoms with van der Waals surface area (Å²) in [6.45, 7) is 3.02. The third-order valence-electron chi connectivity index (χ3n) is 2.97. The van der Waals surface area contributed by atoms with Gasteiger partial charge >= 0.3 is 6.01 Å². The highest BCUT2D eigenvalue weighted by Crippen LogP contribution is 2.15. The average Bonchev–Trinajstić information content (AvgIpc) is 3.09. The Hall–Kier alpha value is -1.37. The number of anilines is 1. The first-order valence-corrected chi connectivity index (χ1v) is 6.13. The molecule has 3 heterocycles. The van der Waals surface area contributed by atoms with Crippen LogP contribution in [0.25, 0.3) is 11.5 Å². The van der Waals surface area contributed by atoms with Crippen LogP contribution < -0.4 is 5.32 Å². The fourth-order valence-electron chi connectivity index (χ4n) is 2.01. The van der Waals surface area contributed by atoms with Gasteiger partial charge in [0.1, 0.15) is 5.69 Å². The summed E-state index contributed by atoms with van der Waals surface area (Å²) in [5, 5.41) is 7.04. The van der Waals surface area contributed by atoms with Crippen molar-refractivity contribution in [2.75, 3.05) is 25.1 Å². The standard InChI is InChI=1S/C12H15N5O.2ClH/c1-2-6-13-10(5-1)11-15-12(18-16-11)14-9-17-7-3-4-8-17;;/h1-2,5-6H,3-4,7-9H2,(H,14,15,16);2*1H. The second-order valence-corrected chi connectivity index (χ2v) is 4.30. The predicted octanol–water partition coefficient (Wildman–Crippen LogP) is 2.44. The fraction of sp³-hybridized carbons (Fsp3) is 0.417. The maximum absolute atomic E-state index is 5.14. The van der Waals surface area contributed by atoms with Crippen molar-refractivity contribution in [1.29, 1.82) is 0 Å². The van der Waals surface area contributed by atoms with Gasteiger partial charge in [-0.3, -0.25) is 9.88 Å². The molecule has 0 saturated carbocycles. The largest absolute Gasteiger partial charge is 0.325 e. The van der Waals surface area contributed by atoms with E-state index in [1.165, 1.54) is 12.8 Å². The number of pyridine rings is 1. The number of nitrogens with zero attached hydrogens (tertiary/aromatic N) is 4. The van der Waals surface area contributed by atoms with Crippen LogP contribution in [0.1, 0.15) is 12.8 Å². The van der Waals surface area contributed by atoms with Crippen LogP contribution in [0, 0.1) is 0 Å². The molecule has 2 aromatic heterocycles. The van der Waals surface area contributed by atoms with Crippen LogP contribution in [0.2, 0.25) is 0 Å². The highest BCUT2D eigenvalue weighted by Gasteiger charge is 2.13. The molecule has 1 N–H and O–H groups in total. The van der Waals surface area contributed by atoms with Crippen LogP contribution in [-0.4, -0.2) is 39.8 Å². The van der Waals surface area contributed by atoms with Crippen molar-refractivity contribution in [3.63, 3.8) is 0 Å². The smallest absolute Gasteiger partial charge is 0.322 e. The van der Waals surface area contributed by atoms with Crippen molar-refractivity contribution in [2.24, 2.45) is 0 Å². The van der Waals surface area contributed by atoms with E-state index in [1.54, 1.807) is 6.20 Å². The zero-order valence-corrected chi connectivity index (χ0v) is 12.5. The van der Waals surface area contributed by atoms with E-state index in [9.17, 15) is 0 Å². The maximum Gasteiger partial charge on any atom is 0.322 e. The predicted molar refractivity (Wildman–Crippen MR) is 81.3 cm³/mol. The van der Waals surface area contributed by atoms with Gasteiger partial charge in [-0.05, 0) is 38.1 Å². The average molecular weight is 318 g/mol. The van der Waals surface area contributed by atoms with Crippen LogP contribution in [0.15, 0.2) is 28.9 Å². The Labute approximate surface area is 129 Å². The molecule has 1 aliphatic rings. The van der Waals surface area contributed by atoms with Crippen molar-refractivity contribution in [3.8, 4) is 11.5 Å². The Morgan fingerprint density at radius 3 is 2.70 bits per heavy atom. The lowest BCUT2D eigenvalue weighted by Gasteiger charge is -2.13. The van der Waals surface area contributed by atoms with E-state index in [4.69, 9.17) is 4.52 Å². The summed E-state index contributed by atoms with van der Waals surface area (Å²) in [7, 11) is 0. The van der Waals surface area contributed by atoms with Crippen LogP contribution in [0.4, 0.5) is 6.01 Å². The molecule has 0 atom stereocenters. The Kier molecular flexibility index (Phi) is 6.70. The summed E-state index contributed by atoms with van der Waals surface area (Å²) < 4.78 is 5.14. The minimum absolute atomic E-state index is 0. The molecule has 0 spiro atoms. The number of nitrogens with one attached hydrogen (secondary N) is 1. The van der Waals surface area contributed by atoms with Crippen molar-refractivity contribution < 1.29 is 4.52 Å². The second kappa shape index (κ2) is 8.04. The summed E-state index contributed by atoms with van der Waals surface area (Å²) in [4.78, 5) is 10.8. The van der Waals surface area contributed by atoms with E-state index >= 15 is 0 Å². The summed E-state index contributed by atoms with van der Waals surface area (Å²) in [6, 6.07) is 6.06. The minimum atomic E-state index is 0. The van der Waals surface area contributed by atoms with Crippen LogP contribution in [0.3, 0.4) is 0 Å². The number of likely N-dealkylation sites (tertiary alicyclic amines) is 1. The molecular weight excluding hydrogens is 301 g/mol. The van der Waals surface area contributed by atoms with Gasteiger partial charge in [-0.25, -0.2) is 0 Å². The van der Waals surface area contributed by atoms with Gasteiger partial charge in [0, 0.05) is 6.20 Å². The quantitative estimate of drug-likeness (QED) is 0.934. The maximum atomic E-state index is 5.14. The third-order valence-corrected chi connectivity index (χ3v) is 2.97. The zero-order valence-electron chi connectivity index (χ0n) is 10.9. The van der Waals surface area contributed by atoms with Gasteiger partial charge in [-0.2, -0.15) is 4.98 Å². The monoisotopic (exact) mass is 317 g/mol. The highest BCUT2D eigenvalue weighted by atomic mass is 35.5. The van der Waals surface area contributed by atoms with E-state index in [0.29, 0.717) is 11.8 Å². The van der Waals surface area contributed by atoms with Crippen molar-refractivity contribution >= 4 is 30.8 Å². The lowest BCUT2D eigenvalue weighted by atomic mass is 10.3. The number of hydrogen-bond acceptors (Lipinski definition) is 6. The van der Waals surface area contributed by atoms with Gasteiger partial charge in [-0.15, -0.1) is 24.8 Å². The highest BCUT2D eigenvalue weighted by molar-refractivity contribution is 5.85. The molecule has 3 rings (SSSR count). The van der Waals surface area contributed by atoms with E-state index in [-0.39, 0.29) is 24.8 Å². The third kappa shape index (κ3) is 4.06. The first kappa shape index (κ1) is 16.7. The van der Waals surface area contributed by atoms with Gasteiger partial charge in [-0.1, -0.05) is 11.2 Å². The van der Waals surface area contributed by atoms with Gasteiger partial charge < -0.3 is 9.84 Å². The van der Waals surface area contributed by atoms with E-state index < -0.39 is 0 Å². The Balaban J connectivity index is 0.000001000. The molecule has 20 heavy (non-hydrogen) atoms. The summed E-state index contributed by atoms with van der Waals surface area (Å²) in [5.74, 6) is 0.513. The molecule has 6 nitrogen and oxygen atoms in total. The van der Waals surface area contributed by atoms with E-state index in [2.05, 4.69) is 25.3 Å². The number of hydrogen-bond donors (Lipinski definition) is 1. The molecule has 0 unspecified atom stereocenters. The fourth-order valence-corrected chi connectivity index (χ4v) is 2.01. The summed E-state index contributed by atoms with van der Waals surface area (Å²) in [5.41, 5.74) is 0.718. The molecule has 0 aliphatic carbocycles. The first-order chi connectivity index (χ1) is 8.92. The zero-order chi connectivity index (χ0) is 12.2. The normalized spacial score (nSPS) is 14.4. The first-order valence-electron chi connectivity index (χ1n) is 6.13. The molecule has 8 heteroatoms. The van der Waals surface area contributed by atoms with Gasteiger partial charge in [0.05, 0.1) is 6.67 Å². The van der Waals surface area contributed by atoms with E-state index in [0.717, 1.165) is 25.5 Å². The van der Waals surface area contributed by atoms with Crippen LogP contribution in [0.5, 0.6) is 0 Å². The van der Waals surface area contributed by atoms with Gasteiger partial charge in [0.15, 0.2) is 0 Å². The number of aromatic nitrogens is 3. The van der Waals surface area contributed by atoms with Crippen LogP contribution >= 0.6 is 24.8 Å². The Bertz CT molecular complexity index is 502. The molecule has 2 aromatic rings. The SMILES string of the molecule is Cl.Cl.c1ccc(-c2noc(NCN3CCCC3)n2)nc1. The topological polar surface area (TPSA) is 67.1 Å². The van der Waals surface area contributed by atoms with Crippen LogP contribution in [-0.2, 0) is 0 Å². The molecule has 1 aliphatic heterocycles. The van der Waals surface area contributed by atoms with Crippen molar-refractivity contribution in [2.45, 2.75) is 12.8 Å².